The van der Waals surface area contributed by atoms with Crippen LogP contribution in [0.1, 0.15) is 44.0 Å². The lowest BCUT2D eigenvalue weighted by molar-refractivity contribution is 0.0944. The maximum atomic E-state index is 12.8. The first-order valence-electron chi connectivity index (χ1n) is 9.88. The molecule has 0 aliphatic heterocycles. The molecule has 2 aromatic carbocycles. The van der Waals surface area contributed by atoms with Gasteiger partial charge in [0, 0.05) is 35.5 Å². The molecule has 3 N–H and O–H groups in total. The predicted molar refractivity (Wildman–Crippen MR) is 117 cm³/mol. The number of rotatable bonds is 8. The van der Waals surface area contributed by atoms with Crippen molar-refractivity contribution in [3.63, 3.8) is 0 Å². The summed E-state index contributed by atoms with van der Waals surface area (Å²) in [4.78, 5) is 17.3. The van der Waals surface area contributed by atoms with Crippen LogP contribution in [0.2, 0.25) is 0 Å². The van der Waals surface area contributed by atoms with Gasteiger partial charge in [0.25, 0.3) is 5.91 Å². The summed E-state index contributed by atoms with van der Waals surface area (Å²) >= 11 is 0. The Bertz CT molecular complexity index is 938. The number of hydrogen-bond acceptors (Lipinski definition) is 4. The van der Waals surface area contributed by atoms with E-state index in [1.807, 2.05) is 56.3 Å². The number of hydrogen-bond donors (Lipinski definition) is 3. The van der Waals surface area contributed by atoms with Gasteiger partial charge < -0.3 is 16.0 Å². The van der Waals surface area contributed by atoms with Gasteiger partial charge in [-0.15, -0.1) is 0 Å². The minimum atomic E-state index is -0.132. The molecular weight excluding hydrogens is 348 g/mol. The highest BCUT2D eigenvalue weighted by molar-refractivity contribution is 6.08. The van der Waals surface area contributed by atoms with Crippen molar-refractivity contribution in [2.24, 2.45) is 0 Å². The van der Waals surface area contributed by atoms with E-state index in [1.165, 1.54) is 0 Å². The Labute approximate surface area is 166 Å². The second-order valence-electron chi connectivity index (χ2n) is 7.18. The Morgan fingerprint density at radius 1 is 1.07 bits per heavy atom. The molecule has 0 spiro atoms. The number of fused-ring (bicyclic) bond motifs is 1. The van der Waals surface area contributed by atoms with E-state index in [2.05, 4.69) is 33.9 Å². The zero-order valence-electron chi connectivity index (χ0n) is 16.8. The molecule has 0 unspecified atom stereocenters. The zero-order chi connectivity index (χ0) is 19.9. The van der Waals surface area contributed by atoms with Crippen molar-refractivity contribution in [3.05, 3.63) is 60.3 Å². The number of para-hydroxylation sites is 1. The lowest BCUT2D eigenvalue weighted by atomic mass is 10.1. The molecule has 0 aliphatic carbocycles. The van der Waals surface area contributed by atoms with Gasteiger partial charge in [-0.25, -0.2) is 0 Å². The van der Waals surface area contributed by atoms with Gasteiger partial charge in [-0.05, 0) is 50.6 Å². The number of anilines is 3. The van der Waals surface area contributed by atoms with E-state index >= 15 is 0 Å². The van der Waals surface area contributed by atoms with Crippen LogP contribution in [-0.2, 0) is 0 Å². The van der Waals surface area contributed by atoms with Gasteiger partial charge in [-0.3, -0.25) is 9.78 Å². The second kappa shape index (κ2) is 9.22. The maximum absolute atomic E-state index is 12.8. The van der Waals surface area contributed by atoms with Crippen LogP contribution in [0.25, 0.3) is 10.9 Å². The molecule has 3 aromatic rings. The lowest BCUT2D eigenvalue weighted by Gasteiger charge is -2.17. The Morgan fingerprint density at radius 3 is 2.57 bits per heavy atom. The summed E-state index contributed by atoms with van der Waals surface area (Å²) in [5.41, 5.74) is 4.11. The molecule has 0 aliphatic rings. The van der Waals surface area contributed by atoms with Crippen molar-refractivity contribution in [1.82, 2.24) is 10.3 Å². The number of carbonyl (C=O) groups is 1. The van der Waals surface area contributed by atoms with Gasteiger partial charge in [0.2, 0.25) is 0 Å². The van der Waals surface area contributed by atoms with Gasteiger partial charge in [0.15, 0.2) is 0 Å². The van der Waals surface area contributed by atoms with E-state index < -0.39 is 0 Å². The first-order chi connectivity index (χ1) is 13.6. The standard InChI is InChI=1S/C23H28N4O/c1-4-5-13-24-18-11-12-21-19(14-18)22(27-17-9-7-6-8-10-17)20(15-25-21)23(28)26-16(2)3/h6-12,14-16,24H,4-5,13H2,1-3H3,(H,25,27)(H,26,28). The minimum absolute atomic E-state index is 0.0508. The average Bonchev–Trinajstić information content (AvgIpc) is 2.68. The first-order valence-corrected chi connectivity index (χ1v) is 9.88. The predicted octanol–water partition coefficient (Wildman–Crippen LogP) is 5.33. The molecule has 0 bridgehead atoms. The van der Waals surface area contributed by atoms with Gasteiger partial charge in [-0.2, -0.15) is 0 Å². The SMILES string of the molecule is CCCCNc1ccc2ncc(C(=O)NC(C)C)c(Nc3ccccc3)c2c1. The average molecular weight is 377 g/mol. The number of nitrogens with one attached hydrogen (secondary N) is 3. The first kappa shape index (κ1) is 19.7. The molecule has 0 fully saturated rings. The Hall–Kier alpha value is -3.08. The Kier molecular flexibility index (Phi) is 6.48. The molecule has 1 heterocycles. The van der Waals surface area contributed by atoms with Gasteiger partial charge in [0.1, 0.15) is 0 Å². The van der Waals surface area contributed by atoms with Crippen LogP contribution < -0.4 is 16.0 Å². The van der Waals surface area contributed by atoms with Crippen molar-refractivity contribution >= 4 is 33.9 Å². The fraction of sp³-hybridized carbons (Fsp3) is 0.304. The molecule has 0 atom stereocenters. The zero-order valence-corrected chi connectivity index (χ0v) is 16.8. The summed E-state index contributed by atoms with van der Waals surface area (Å²) in [7, 11) is 0. The van der Waals surface area contributed by atoms with Crippen LogP contribution >= 0.6 is 0 Å². The molecule has 146 valence electrons. The van der Waals surface area contributed by atoms with Crippen LogP contribution in [0, 0.1) is 0 Å². The summed E-state index contributed by atoms with van der Waals surface area (Å²) in [6, 6.07) is 16.0. The van der Waals surface area contributed by atoms with Crippen LogP contribution in [-0.4, -0.2) is 23.5 Å². The quantitative estimate of drug-likeness (QED) is 0.465. The summed E-state index contributed by atoms with van der Waals surface area (Å²) in [6.45, 7) is 7.00. The van der Waals surface area contributed by atoms with E-state index in [0.29, 0.717) is 5.56 Å². The highest BCUT2D eigenvalue weighted by Crippen LogP contribution is 2.31. The molecular formula is C23H28N4O. The fourth-order valence-corrected chi connectivity index (χ4v) is 3.02. The van der Waals surface area contributed by atoms with Gasteiger partial charge >= 0.3 is 0 Å². The van der Waals surface area contributed by atoms with Crippen molar-refractivity contribution in [2.45, 2.75) is 39.7 Å². The summed E-state index contributed by atoms with van der Waals surface area (Å²) < 4.78 is 0. The Morgan fingerprint density at radius 2 is 1.86 bits per heavy atom. The van der Waals surface area contributed by atoms with Crippen LogP contribution in [0.5, 0.6) is 0 Å². The minimum Gasteiger partial charge on any atom is -0.385 e. The molecule has 0 saturated heterocycles. The molecule has 28 heavy (non-hydrogen) atoms. The third-order valence-electron chi connectivity index (χ3n) is 4.43. The smallest absolute Gasteiger partial charge is 0.255 e. The number of unbranched alkanes of at least 4 members (excludes halogenated alkanes) is 1. The van der Waals surface area contributed by atoms with Crippen LogP contribution in [0.15, 0.2) is 54.7 Å². The summed E-state index contributed by atoms with van der Waals surface area (Å²) in [5, 5.41) is 10.8. The van der Waals surface area contributed by atoms with Gasteiger partial charge in [0.05, 0.1) is 16.8 Å². The topological polar surface area (TPSA) is 66.0 Å². The maximum Gasteiger partial charge on any atom is 0.255 e. The third-order valence-corrected chi connectivity index (χ3v) is 4.43. The van der Waals surface area contributed by atoms with E-state index in [0.717, 1.165) is 47.4 Å². The number of carbonyl (C=O) groups excluding carboxylic acids is 1. The largest absolute Gasteiger partial charge is 0.385 e. The second-order valence-corrected chi connectivity index (χ2v) is 7.18. The molecule has 5 heteroatoms. The normalized spacial score (nSPS) is 10.9. The van der Waals surface area contributed by atoms with Crippen molar-refractivity contribution < 1.29 is 4.79 Å². The highest BCUT2D eigenvalue weighted by Gasteiger charge is 2.17. The molecule has 1 aromatic heterocycles. The molecule has 1 amide bonds. The number of amides is 1. The third kappa shape index (κ3) is 4.80. The molecule has 0 radical (unpaired) electrons. The number of benzene rings is 2. The summed E-state index contributed by atoms with van der Waals surface area (Å²) in [6.07, 6.45) is 3.90. The number of pyridine rings is 1. The van der Waals surface area contributed by atoms with E-state index in [1.54, 1.807) is 6.20 Å². The van der Waals surface area contributed by atoms with E-state index in [-0.39, 0.29) is 11.9 Å². The summed E-state index contributed by atoms with van der Waals surface area (Å²) in [5.74, 6) is -0.132. The van der Waals surface area contributed by atoms with Crippen LogP contribution in [0.3, 0.4) is 0 Å². The molecule has 0 saturated carbocycles. The van der Waals surface area contributed by atoms with E-state index in [4.69, 9.17) is 0 Å². The number of nitrogens with zero attached hydrogens (tertiary/aromatic N) is 1. The fourth-order valence-electron chi connectivity index (χ4n) is 3.02. The Balaban J connectivity index is 2.07. The lowest BCUT2D eigenvalue weighted by Crippen LogP contribution is -2.30. The molecule has 5 nitrogen and oxygen atoms in total. The number of aromatic nitrogens is 1. The van der Waals surface area contributed by atoms with Gasteiger partial charge in [-0.1, -0.05) is 31.5 Å². The molecule has 3 rings (SSSR count). The van der Waals surface area contributed by atoms with Crippen molar-refractivity contribution in [3.8, 4) is 0 Å². The van der Waals surface area contributed by atoms with Crippen molar-refractivity contribution in [2.75, 3.05) is 17.2 Å². The van der Waals surface area contributed by atoms with Crippen LogP contribution in [0.4, 0.5) is 17.1 Å². The van der Waals surface area contributed by atoms with Crippen molar-refractivity contribution in [1.29, 1.82) is 0 Å². The highest BCUT2D eigenvalue weighted by atomic mass is 16.1. The monoisotopic (exact) mass is 376 g/mol. The van der Waals surface area contributed by atoms with E-state index in [9.17, 15) is 4.79 Å².